The highest BCUT2D eigenvalue weighted by atomic mass is 35.5. The Morgan fingerprint density at radius 3 is 2.87 bits per heavy atom. The summed E-state index contributed by atoms with van der Waals surface area (Å²) in [4.78, 5) is 20.3. The Balaban J connectivity index is 1.23. The lowest BCUT2D eigenvalue weighted by molar-refractivity contribution is 0.240. The zero-order valence-electron chi connectivity index (χ0n) is 21.3. The Morgan fingerprint density at radius 2 is 2.08 bits per heavy atom. The van der Waals surface area contributed by atoms with Crippen molar-refractivity contribution in [2.45, 2.75) is 38.3 Å². The third kappa shape index (κ3) is 5.31. The summed E-state index contributed by atoms with van der Waals surface area (Å²) in [5.74, 6) is 0.118. The van der Waals surface area contributed by atoms with Gasteiger partial charge >= 0.3 is 6.03 Å². The summed E-state index contributed by atoms with van der Waals surface area (Å²) in [5, 5.41) is 13.7. The molecule has 0 bridgehead atoms. The molecule has 1 saturated carbocycles. The predicted octanol–water partition coefficient (Wildman–Crippen LogP) is 6.41. The third-order valence-electron chi connectivity index (χ3n) is 7.46. The van der Waals surface area contributed by atoms with Crippen LogP contribution in [-0.4, -0.2) is 33.6 Å². The maximum atomic E-state index is 13.8. The van der Waals surface area contributed by atoms with Gasteiger partial charge in [-0.1, -0.05) is 35.9 Å². The quantitative estimate of drug-likeness (QED) is 0.307. The standard InChI is InChI=1S/C31H27ClFN5O/c32-26-8-4-20(14-27(26)33)2-1-12-37-13-10-29-25(19-37)24-7-3-21(17-34)16-30(24)38(29)31(39)36-18-22-9-11-35-28(15-22)23-5-6-23/h1-4,7-9,11,14-16,23H,5-6,10,12-13,18-19H2,(H,36,39)/b2-1+. The molecule has 1 aliphatic carbocycles. The summed E-state index contributed by atoms with van der Waals surface area (Å²) >= 11 is 5.79. The van der Waals surface area contributed by atoms with Crippen LogP contribution in [0.25, 0.3) is 17.0 Å². The molecule has 6 nitrogen and oxygen atoms in total. The number of pyridine rings is 1. The Morgan fingerprint density at radius 1 is 1.21 bits per heavy atom. The molecule has 1 fully saturated rings. The Hall–Kier alpha value is -3.99. The van der Waals surface area contributed by atoms with Crippen LogP contribution in [0.4, 0.5) is 9.18 Å². The highest BCUT2D eigenvalue weighted by Gasteiger charge is 2.27. The maximum absolute atomic E-state index is 13.8. The topological polar surface area (TPSA) is 74.0 Å². The lowest BCUT2D eigenvalue weighted by Crippen LogP contribution is -2.34. The average Bonchev–Trinajstić information content (AvgIpc) is 3.76. The number of nitrogens with one attached hydrogen (secondary N) is 1. The number of benzene rings is 2. The number of carbonyl (C=O) groups is 1. The van der Waals surface area contributed by atoms with Crippen LogP contribution >= 0.6 is 11.6 Å². The van der Waals surface area contributed by atoms with Gasteiger partial charge in [-0.15, -0.1) is 0 Å². The monoisotopic (exact) mass is 539 g/mol. The van der Waals surface area contributed by atoms with Gasteiger partial charge in [0.2, 0.25) is 0 Å². The number of fused-ring (bicyclic) bond motifs is 3. The largest absolute Gasteiger partial charge is 0.333 e. The number of nitrogens with zero attached hydrogens (tertiary/aromatic N) is 4. The van der Waals surface area contributed by atoms with Gasteiger partial charge in [-0.3, -0.25) is 14.5 Å². The van der Waals surface area contributed by atoms with Gasteiger partial charge < -0.3 is 5.32 Å². The number of nitriles is 1. The van der Waals surface area contributed by atoms with Crippen molar-refractivity contribution in [1.82, 2.24) is 19.8 Å². The van der Waals surface area contributed by atoms with Crippen molar-refractivity contribution >= 4 is 34.6 Å². The highest BCUT2D eigenvalue weighted by molar-refractivity contribution is 6.30. The summed E-state index contributed by atoms with van der Waals surface area (Å²) in [6.45, 7) is 2.54. The van der Waals surface area contributed by atoms with Gasteiger partial charge in [-0.2, -0.15) is 5.26 Å². The molecule has 0 radical (unpaired) electrons. The van der Waals surface area contributed by atoms with E-state index in [0.29, 0.717) is 37.5 Å². The van der Waals surface area contributed by atoms with Crippen molar-refractivity contribution in [1.29, 1.82) is 5.26 Å². The summed E-state index contributed by atoms with van der Waals surface area (Å²) in [7, 11) is 0. The number of halogens is 2. The first-order valence-electron chi connectivity index (χ1n) is 13.1. The molecular formula is C31H27ClFN5O. The van der Waals surface area contributed by atoms with Gasteiger partial charge in [0.15, 0.2) is 0 Å². The molecule has 1 aliphatic heterocycles. The lowest BCUT2D eigenvalue weighted by atomic mass is 10.0. The molecule has 2 aliphatic rings. The number of rotatable bonds is 6. The molecule has 4 aromatic rings. The van der Waals surface area contributed by atoms with Gasteiger partial charge in [-0.25, -0.2) is 9.18 Å². The van der Waals surface area contributed by atoms with Crippen LogP contribution in [0.2, 0.25) is 5.02 Å². The maximum Gasteiger partial charge on any atom is 0.326 e. The van der Waals surface area contributed by atoms with Crippen LogP contribution in [0.3, 0.4) is 0 Å². The van der Waals surface area contributed by atoms with Crippen molar-refractivity contribution in [3.63, 3.8) is 0 Å². The second kappa shape index (κ2) is 10.6. The summed E-state index contributed by atoms with van der Waals surface area (Å²) in [5.41, 5.74) is 6.23. The molecular weight excluding hydrogens is 513 g/mol. The number of carbonyl (C=O) groups excluding carboxylic acids is 1. The van der Waals surface area contributed by atoms with Gasteiger partial charge in [0.25, 0.3) is 0 Å². The number of hydrogen-bond acceptors (Lipinski definition) is 4. The van der Waals surface area contributed by atoms with E-state index in [4.69, 9.17) is 11.6 Å². The number of amides is 1. The molecule has 1 N–H and O–H groups in total. The highest BCUT2D eigenvalue weighted by Crippen LogP contribution is 2.39. The second-order valence-electron chi connectivity index (χ2n) is 10.2. The van der Waals surface area contributed by atoms with Gasteiger partial charge in [0.1, 0.15) is 5.82 Å². The van der Waals surface area contributed by atoms with E-state index in [1.54, 1.807) is 28.8 Å². The SMILES string of the molecule is N#Cc1ccc2c3c(n(C(=O)NCc4ccnc(C5CC5)c4)c2c1)CCN(C/C=C/c1ccc(Cl)c(F)c1)C3. The van der Waals surface area contributed by atoms with E-state index in [1.165, 1.54) is 18.9 Å². The van der Waals surface area contributed by atoms with Crippen molar-refractivity contribution < 1.29 is 9.18 Å². The van der Waals surface area contributed by atoms with E-state index in [2.05, 4.69) is 27.3 Å². The van der Waals surface area contributed by atoms with E-state index in [1.807, 2.05) is 30.5 Å². The average molecular weight is 540 g/mol. The van der Waals surface area contributed by atoms with Gasteiger partial charge in [0, 0.05) is 61.5 Å². The molecule has 2 aromatic heterocycles. The molecule has 0 atom stereocenters. The van der Waals surface area contributed by atoms with Crippen LogP contribution in [0.1, 0.15) is 52.4 Å². The first-order valence-corrected chi connectivity index (χ1v) is 13.5. The van der Waals surface area contributed by atoms with Crippen LogP contribution < -0.4 is 5.32 Å². The molecule has 0 saturated heterocycles. The fourth-order valence-electron chi connectivity index (χ4n) is 5.29. The van der Waals surface area contributed by atoms with Crippen LogP contribution in [0.5, 0.6) is 0 Å². The second-order valence-corrected chi connectivity index (χ2v) is 10.6. The zero-order valence-corrected chi connectivity index (χ0v) is 22.1. The summed E-state index contributed by atoms with van der Waals surface area (Å²) < 4.78 is 15.5. The van der Waals surface area contributed by atoms with E-state index in [-0.39, 0.29) is 11.1 Å². The predicted molar refractivity (Wildman–Crippen MR) is 150 cm³/mol. The van der Waals surface area contributed by atoms with E-state index < -0.39 is 5.82 Å². The molecule has 196 valence electrons. The van der Waals surface area contributed by atoms with E-state index in [0.717, 1.165) is 45.5 Å². The molecule has 0 unspecified atom stereocenters. The third-order valence-corrected chi connectivity index (χ3v) is 7.77. The fraction of sp³-hybridized carbons (Fsp3) is 0.258. The first-order chi connectivity index (χ1) is 19.0. The van der Waals surface area contributed by atoms with Crippen molar-refractivity contribution in [3.05, 3.63) is 105 Å². The van der Waals surface area contributed by atoms with E-state index in [9.17, 15) is 14.4 Å². The first kappa shape index (κ1) is 25.3. The summed E-state index contributed by atoms with van der Waals surface area (Å²) in [6.07, 6.45) is 8.77. The minimum atomic E-state index is -0.434. The van der Waals surface area contributed by atoms with Gasteiger partial charge in [0.05, 0.1) is 22.2 Å². The van der Waals surface area contributed by atoms with Crippen molar-refractivity contribution in [2.75, 3.05) is 13.1 Å². The molecule has 2 aromatic carbocycles. The Kier molecular flexibility index (Phi) is 6.90. The van der Waals surface area contributed by atoms with Crippen LogP contribution in [-0.2, 0) is 19.5 Å². The Labute approximate surface area is 231 Å². The van der Waals surface area contributed by atoms with Crippen LogP contribution in [0, 0.1) is 17.1 Å². The lowest BCUT2D eigenvalue weighted by Gasteiger charge is -2.27. The smallest absolute Gasteiger partial charge is 0.326 e. The number of aromatic nitrogens is 2. The molecule has 8 heteroatoms. The van der Waals surface area contributed by atoms with Crippen molar-refractivity contribution in [3.8, 4) is 6.07 Å². The normalized spacial score (nSPS) is 15.4. The zero-order chi connectivity index (χ0) is 26.9. The minimum Gasteiger partial charge on any atom is -0.333 e. The Bertz CT molecular complexity index is 1650. The summed E-state index contributed by atoms with van der Waals surface area (Å²) in [6, 6.07) is 16.3. The van der Waals surface area contributed by atoms with Crippen molar-refractivity contribution in [2.24, 2.45) is 0 Å². The van der Waals surface area contributed by atoms with Crippen LogP contribution in [0.15, 0.2) is 60.8 Å². The molecule has 6 rings (SSSR count). The minimum absolute atomic E-state index is 0.111. The molecule has 1 amide bonds. The van der Waals surface area contributed by atoms with E-state index >= 15 is 0 Å². The molecule has 0 spiro atoms. The molecule has 3 heterocycles. The van der Waals surface area contributed by atoms with Gasteiger partial charge in [-0.05, 0) is 65.9 Å². The molecule has 39 heavy (non-hydrogen) atoms. The fourth-order valence-corrected chi connectivity index (χ4v) is 5.41. The number of hydrogen-bond donors (Lipinski definition) is 1.